The Bertz CT molecular complexity index is 723. The van der Waals surface area contributed by atoms with Crippen LogP contribution in [0.15, 0.2) is 5.16 Å². The van der Waals surface area contributed by atoms with E-state index in [-0.39, 0.29) is 23.0 Å². The number of oxime groups is 1. The molecule has 0 amide bonds. The van der Waals surface area contributed by atoms with E-state index >= 15 is 0 Å². The van der Waals surface area contributed by atoms with Crippen molar-refractivity contribution >= 4 is 11.5 Å². The number of hydrogen-bond acceptors (Lipinski definition) is 5. The Morgan fingerprint density at radius 1 is 1.03 bits per heavy atom. The highest BCUT2D eigenvalue weighted by molar-refractivity contribution is 5.87. The molecule has 0 saturated heterocycles. The molecule has 5 aliphatic carbocycles. The van der Waals surface area contributed by atoms with Crippen LogP contribution in [0.1, 0.15) is 90.9 Å². The fourth-order valence-electron chi connectivity index (χ4n) is 8.13. The van der Waals surface area contributed by atoms with Gasteiger partial charge in [0.2, 0.25) is 0 Å². The number of fused-ring (bicyclic) bond motifs is 5. The van der Waals surface area contributed by atoms with Crippen molar-refractivity contribution in [1.82, 2.24) is 0 Å². The molecule has 0 radical (unpaired) electrons. The Hall–Kier alpha value is -0.940. The average Bonchev–Trinajstić information content (AvgIpc) is 3.23. The first-order valence-corrected chi connectivity index (χ1v) is 12.0. The van der Waals surface area contributed by atoms with Crippen LogP contribution in [0.4, 0.5) is 0 Å². The minimum Gasteiger partial charge on any atom is -0.391 e. The maximum Gasteiger partial charge on any atom is 0.142 e. The van der Waals surface area contributed by atoms with Gasteiger partial charge in [0.1, 0.15) is 11.9 Å². The Kier molecular flexibility index (Phi) is 4.67. The molecule has 3 N–H and O–H groups in total. The lowest BCUT2D eigenvalue weighted by Gasteiger charge is -2.62. The molecule has 0 aromatic carbocycles. The smallest absolute Gasteiger partial charge is 0.142 e. The largest absolute Gasteiger partial charge is 0.391 e. The molecule has 5 aliphatic rings. The van der Waals surface area contributed by atoms with Gasteiger partial charge in [0.05, 0.1) is 11.3 Å². The summed E-state index contributed by atoms with van der Waals surface area (Å²) in [7, 11) is 0. The van der Waals surface area contributed by atoms with Crippen LogP contribution in [-0.4, -0.2) is 34.3 Å². The monoisotopic (exact) mass is 402 g/mol. The van der Waals surface area contributed by atoms with Gasteiger partial charge in [0.25, 0.3) is 0 Å². The number of aliphatic hydroxyl groups is 1. The molecule has 162 valence electrons. The number of nitrogens with two attached hydrogens (primary N) is 1. The van der Waals surface area contributed by atoms with E-state index in [1.807, 2.05) is 0 Å². The van der Waals surface area contributed by atoms with Gasteiger partial charge in [-0.1, -0.05) is 19.0 Å². The molecule has 5 saturated carbocycles. The van der Waals surface area contributed by atoms with E-state index in [1.54, 1.807) is 0 Å². The number of carbonyl (C=O) groups excluding carboxylic acids is 1. The predicted octanol–water partition coefficient (Wildman–Crippen LogP) is 3.97. The van der Waals surface area contributed by atoms with Crippen molar-refractivity contribution in [2.24, 2.45) is 39.5 Å². The summed E-state index contributed by atoms with van der Waals surface area (Å²) < 4.78 is 0. The van der Waals surface area contributed by atoms with E-state index in [0.717, 1.165) is 76.3 Å². The van der Waals surface area contributed by atoms with Crippen LogP contribution in [0.3, 0.4) is 0 Å². The average molecular weight is 403 g/mol. The topological polar surface area (TPSA) is 84.9 Å². The molecule has 0 aliphatic heterocycles. The Labute approximate surface area is 174 Å². The van der Waals surface area contributed by atoms with Crippen LogP contribution in [0.2, 0.25) is 0 Å². The van der Waals surface area contributed by atoms with Crippen molar-refractivity contribution in [1.29, 1.82) is 0 Å². The summed E-state index contributed by atoms with van der Waals surface area (Å²) >= 11 is 0. The van der Waals surface area contributed by atoms with E-state index in [2.05, 4.69) is 19.0 Å². The normalized spacial score (nSPS) is 53.4. The van der Waals surface area contributed by atoms with Crippen LogP contribution in [0.25, 0.3) is 0 Å². The standard InChI is InChI=1S/C24H38N2O3/c1-22-11-10-18-16(17(22)6-7-21(22)27)9-13-24(28)14-15(8-12-23(18,24)2)26-29-20-5-3-4-19(20)25/h16-20,28H,3-14,25H2,1-2H3/b26-15-/t16-,17-,18-,19?,20?,22-,23+,24+/m0/s1. The Morgan fingerprint density at radius 3 is 2.62 bits per heavy atom. The maximum absolute atomic E-state index is 12.6. The van der Waals surface area contributed by atoms with Crippen molar-refractivity contribution in [3.8, 4) is 0 Å². The van der Waals surface area contributed by atoms with Crippen molar-refractivity contribution in [3.63, 3.8) is 0 Å². The second-order valence-electron chi connectivity index (χ2n) is 11.4. The molecule has 0 spiro atoms. The lowest BCUT2D eigenvalue weighted by molar-refractivity contribution is -0.188. The van der Waals surface area contributed by atoms with Gasteiger partial charge >= 0.3 is 0 Å². The fraction of sp³-hybridized carbons (Fsp3) is 0.917. The minimum absolute atomic E-state index is 0.0390. The number of ketones is 1. The SMILES string of the molecule is C[C@]12CC[C@H]3[C@@H](CC[C@@]4(O)C/C(=N\OC5CCCC5N)CC[C@]34C)[C@@H]1CCC2=O. The number of nitrogens with zero attached hydrogens (tertiary/aromatic N) is 1. The Balaban J connectivity index is 1.34. The third kappa shape index (κ3) is 2.86. The summed E-state index contributed by atoms with van der Waals surface area (Å²) in [4.78, 5) is 18.4. The number of Topliss-reactive ketones (excluding diaryl/α,β-unsaturated/α-hetero) is 1. The van der Waals surface area contributed by atoms with Crippen LogP contribution >= 0.6 is 0 Å². The minimum atomic E-state index is -0.692. The maximum atomic E-state index is 12.6. The van der Waals surface area contributed by atoms with Gasteiger partial charge in [-0.15, -0.1) is 0 Å². The highest BCUT2D eigenvalue weighted by Crippen LogP contribution is 2.66. The molecule has 0 aromatic heterocycles. The molecule has 5 heteroatoms. The highest BCUT2D eigenvalue weighted by atomic mass is 16.6. The molecule has 0 aromatic rings. The van der Waals surface area contributed by atoms with Crippen LogP contribution in [-0.2, 0) is 9.63 Å². The van der Waals surface area contributed by atoms with Crippen molar-refractivity contribution < 1.29 is 14.7 Å². The van der Waals surface area contributed by atoms with Gasteiger partial charge in [-0.05, 0) is 82.0 Å². The van der Waals surface area contributed by atoms with Crippen molar-refractivity contribution in [2.75, 3.05) is 0 Å². The molecule has 5 fully saturated rings. The quantitative estimate of drug-likeness (QED) is 0.685. The van der Waals surface area contributed by atoms with Gasteiger partial charge in [-0.25, -0.2) is 0 Å². The van der Waals surface area contributed by atoms with E-state index in [0.29, 0.717) is 30.0 Å². The zero-order valence-electron chi connectivity index (χ0n) is 18.2. The molecule has 0 heterocycles. The molecule has 2 unspecified atom stereocenters. The summed E-state index contributed by atoms with van der Waals surface area (Å²) in [5.41, 5.74) is 6.26. The molecule has 29 heavy (non-hydrogen) atoms. The third-order valence-corrected chi connectivity index (χ3v) is 10.2. The zero-order chi connectivity index (χ0) is 20.4. The summed E-state index contributed by atoms with van der Waals surface area (Å²) in [6.45, 7) is 4.55. The van der Waals surface area contributed by atoms with Crippen LogP contribution in [0, 0.1) is 28.6 Å². The predicted molar refractivity (Wildman–Crippen MR) is 112 cm³/mol. The lowest BCUT2D eigenvalue weighted by Crippen LogP contribution is -2.62. The number of carbonyl (C=O) groups is 1. The molecule has 5 rings (SSSR count). The van der Waals surface area contributed by atoms with E-state index < -0.39 is 5.60 Å². The van der Waals surface area contributed by atoms with Gasteiger partial charge in [-0.3, -0.25) is 4.79 Å². The van der Waals surface area contributed by atoms with Crippen LogP contribution in [0.5, 0.6) is 0 Å². The third-order valence-electron chi connectivity index (χ3n) is 10.2. The first-order valence-electron chi connectivity index (χ1n) is 12.0. The number of hydrogen-bond donors (Lipinski definition) is 2. The van der Waals surface area contributed by atoms with E-state index in [1.165, 1.54) is 0 Å². The molecular weight excluding hydrogens is 364 g/mol. The number of rotatable bonds is 2. The van der Waals surface area contributed by atoms with Crippen LogP contribution < -0.4 is 5.73 Å². The molecule has 5 nitrogen and oxygen atoms in total. The summed E-state index contributed by atoms with van der Waals surface area (Å²) in [6.07, 6.45) is 11.5. The van der Waals surface area contributed by atoms with Gasteiger partial charge in [0, 0.05) is 29.7 Å². The first kappa shape index (κ1) is 20.0. The van der Waals surface area contributed by atoms with Gasteiger partial charge in [0.15, 0.2) is 0 Å². The lowest BCUT2D eigenvalue weighted by atomic mass is 9.43. The summed E-state index contributed by atoms with van der Waals surface area (Å²) in [5.74, 6) is 2.14. The molecular formula is C24H38N2O3. The van der Waals surface area contributed by atoms with Crippen molar-refractivity contribution in [3.05, 3.63) is 0 Å². The summed E-state index contributed by atoms with van der Waals surface area (Å²) in [5, 5.41) is 16.3. The second kappa shape index (κ2) is 6.78. The second-order valence-corrected chi connectivity index (χ2v) is 11.4. The van der Waals surface area contributed by atoms with Crippen molar-refractivity contribution in [2.45, 2.75) is 109 Å². The fourth-order valence-corrected chi connectivity index (χ4v) is 8.13. The first-order chi connectivity index (χ1) is 13.8. The zero-order valence-corrected chi connectivity index (χ0v) is 18.2. The highest BCUT2D eigenvalue weighted by Gasteiger charge is 2.64. The van der Waals surface area contributed by atoms with Gasteiger partial charge < -0.3 is 15.7 Å². The molecule has 0 bridgehead atoms. The van der Waals surface area contributed by atoms with E-state index in [4.69, 9.17) is 10.6 Å². The summed E-state index contributed by atoms with van der Waals surface area (Å²) in [6, 6.07) is 0.0948. The van der Waals surface area contributed by atoms with Gasteiger partial charge in [-0.2, -0.15) is 0 Å². The molecule has 8 atom stereocenters. The van der Waals surface area contributed by atoms with E-state index in [9.17, 15) is 9.90 Å². The Morgan fingerprint density at radius 2 is 1.86 bits per heavy atom.